The van der Waals surface area contributed by atoms with Crippen LogP contribution in [-0.2, 0) is 4.79 Å². The largest absolute Gasteiger partial charge is 0.368 e. The molecule has 1 aromatic carbocycles. The number of nitrogens with two attached hydrogens (primary N) is 2. The van der Waals surface area contributed by atoms with Crippen LogP contribution in [0.2, 0.25) is 0 Å². The lowest BCUT2D eigenvalue weighted by molar-refractivity contribution is -0.119. The predicted octanol–water partition coefficient (Wildman–Crippen LogP) is 1.79. The van der Waals surface area contributed by atoms with E-state index in [1.807, 2.05) is 38.1 Å². The molecule has 0 aliphatic rings. The highest BCUT2D eigenvalue weighted by Crippen LogP contribution is 2.23. The summed E-state index contributed by atoms with van der Waals surface area (Å²) >= 11 is 0. The van der Waals surface area contributed by atoms with Gasteiger partial charge in [-0.1, -0.05) is 19.9 Å². The summed E-state index contributed by atoms with van der Waals surface area (Å²) in [6.07, 6.45) is 4.79. The summed E-state index contributed by atoms with van der Waals surface area (Å²) < 4.78 is 0. The number of benzene rings is 1. The maximum Gasteiger partial charge on any atom is 0.271 e. The Kier molecular flexibility index (Phi) is 5.35. The first-order chi connectivity index (χ1) is 13.3. The van der Waals surface area contributed by atoms with Crippen LogP contribution in [0.4, 0.5) is 17.3 Å². The molecule has 0 radical (unpaired) electrons. The average molecular weight is 379 g/mol. The predicted molar refractivity (Wildman–Crippen MR) is 107 cm³/mol. The van der Waals surface area contributed by atoms with E-state index in [4.69, 9.17) is 11.5 Å². The first-order valence-electron chi connectivity index (χ1n) is 8.68. The summed E-state index contributed by atoms with van der Waals surface area (Å²) in [6, 6.07) is 6.90. The van der Waals surface area contributed by atoms with Gasteiger partial charge in [-0.15, -0.1) is 0 Å². The molecule has 0 spiro atoms. The van der Waals surface area contributed by atoms with Crippen LogP contribution >= 0.6 is 0 Å². The molecule has 3 rings (SSSR count). The average Bonchev–Trinajstić information content (AvgIpc) is 2.65. The fourth-order valence-corrected chi connectivity index (χ4v) is 2.75. The Hall–Kier alpha value is -3.75. The van der Waals surface area contributed by atoms with E-state index in [0.717, 1.165) is 10.8 Å². The lowest BCUT2D eigenvalue weighted by atomic mass is 10.0. The number of fused-ring (bicyclic) bond motifs is 1. The van der Waals surface area contributed by atoms with Crippen molar-refractivity contribution >= 4 is 39.9 Å². The molecule has 0 unspecified atom stereocenters. The van der Waals surface area contributed by atoms with Crippen LogP contribution in [0.5, 0.6) is 0 Å². The minimum atomic E-state index is -0.723. The zero-order valence-corrected chi connectivity index (χ0v) is 15.5. The summed E-state index contributed by atoms with van der Waals surface area (Å²) in [7, 11) is 0. The van der Waals surface area contributed by atoms with E-state index < -0.39 is 17.9 Å². The van der Waals surface area contributed by atoms with Crippen molar-refractivity contribution in [3.8, 4) is 0 Å². The Morgan fingerprint density at radius 3 is 2.54 bits per heavy atom. The first-order valence-corrected chi connectivity index (χ1v) is 8.68. The van der Waals surface area contributed by atoms with Crippen molar-refractivity contribution in [1.29, 1.82) is 0 Å². The van der Waals surface area contributed by atoms with Crippen molar-refractivity contribution in [3.63, 3.8) is 0 Å². The molecule has 0 fully saturated rings. The quantitative estimate of drug-likeness (QED) is 0.489. The topological polar surface area (TPSA) is 149 Å². The molecule has 3 aromatic rings. The molecule has 2 amide bonds. The normalized spacial score (nSPS) is 12.0. The fraction of sp³-hybridized carbons (Fsp3) is 0.211. The van der Waals surface area contributed by atoms with Crippen LogP contribution in [0.1, 0.15) is 24.3 Å². The van der Waals surface area contributed by atoms with Crippen molar-refractivity contribution in [2.45, 2.75) is 19.9 Å². The second-order valence-electron chi connectivity index (χ2n) is 6.65. The maximum atomic E-state index is 11.7. The molecular weight excluding hydrogens is 358 g/mol. The Balaban J connectivity index is 1.95. The summed E-state index contributed by atoms with van der Waals surface area (Å²) in [4.78, 5) is 35.9. The van der Waals surface area contributed by atoms with E-state index in [1.54, 1.807) is 12.4 Å². The minimum absolute atomic E-state index is 0.0167. The molecule has 9 nitrogen and oxygen atoms in total. The standard InChI is InChI=1S/C19H21N7O2/c1-10(2)15(17(20)27)25-14-9-23-16(18(21)28)19(26-14)24-13-4-3-11-5-6-22-8-12(11)7-13/h3-10,15H,1-2H3,(H2,20,27)(H2,21,28)(H2,24,25,26)/t15-/m1/s1. The lowest BCUT2D eigenvalue weighted by Gasteiger charge is -2.20. The summed E-state index contributed by atoms with van der Waals surface area (Å²) in [5.74, 6) is -0.814. The molecule has 1 atom stereocenters. The number of nitrogens with one attached hydrogen (secondary N) is 2. The second kappa shape index (κ2) is 7.87. The highest BCUT2D eigenvalue weighted by atomic mass is 16.1. The molecule has 2 aromatic heterocycles. The first kappa shape index (κ1) is 19.0. The zero-order valence-electron chi connectivity index (χ0n) is 15.5. The highest BCUT2D eigenvalue weighted by Gasteiger charge is 2.21. The number of hydrogen-bond donors (Lipinski definition) is 4. The molecule has 6 N–H and O–H groups in total. The summed E-state index contributed by atoms with van der Waals surface area (Å²) in [5, 5.41) is 7.96. The number of pyridine rings is 1. The third-order valence-electron chi connectivity index (χ3n) is 4.19. The molecule has 0 saturated heterocycles. The number of primary amides is 2. The number of carbonyl (C=O) groups is 2. The number of anilines is 3. The van der Waals surface area contributed by atoms with Gasteiger partial charge >= 0.3 is 0 Å². The van der Waals surface area contributed by atoms with E-state index in [1.165, 1.54) is 6.20 Å². The Morgan fingerprint density at radius 1 is 1.07 bits per heavy atom. The van der Waals surface area contributed by atoms with E-state index in [2.05, 4.69) is 25.6 Å². The highest BCUT2D eigenvalue weighted by molar-refractivity contribution is 5.97. The molecule has 0 aliphatic carbocycles. The van der Waals surface area contributed by atoms with Crippen molar-refractivity contribution in [2.75, 3.05) is 10.6 Å². The van der Waals surface area contributed by atoms with Gasteiger partial charge in [0.2, 0.25) is 5.91 Å². The third-order valence-corrected chi connectivity index (χ3v) is 4.19. The van der Waals surface area contributed by atoms with Crippen molar-refractivity contribution in [3.05, 3.63) is 48.5 Å². The third kappa shape index (κ3) is 4.14. The molecule has 0 saturated carbocycles. The molecule has 0 aliphatic heterocycles. The van der Waals surface area contributed by atoms with Gasteiger partial charge < -0.3 is 22.1 Å². The van der Waals surface area contributed by atoms with Gasteiger partial charge in [-0.25, -0.2) is 9.97 Å². The molecule has 28 heavy (non-hydrogen) atoms. The molecule has 144 valence electrons. The van der Waals surface area contributed by atoms with Gasteiger partial charge in [-0.2, -0.15) is 0 Å². The van der Waals surface area contributed by atoms with E-state index in [9.17, 15) is 9.59 Å². The van der Waals surface area contributed by atoms with Crippen molar-refractivity contribution < 1.29 is 9.59 Å². The minimum Gasteiger partial charge on any atom is -0.368 e. The van der Waals surface area contributed by atoms with E-state index >= 15 is 0 Å². The Morgan fingerprint density at radius 2 is 1.86 bits per heavy atom. The van der Waals surface area contributed by atoms with Crippen LogP contribution in [0.3, 0.4) is 0 Å². The van der Waals surface area contributed by atoms with Crippen LogP contribution in [-0.4, -0.2) is 32.8 Å². The number of rotatable bonds is 7. The Labute approximate surface area is 161 Å². The van der Waals surface area contributed by atoms with Crippen LogP contribution in [0.25, 0.3) is 10.8 Å². The molecule has 0 bridgehead atoms. The fourth-order valence-electron chi connectivity index (χ4n) is 2.75. The van der Waals surface area contributed by atoms with E-state index in [0.29, 0.717) is 11.5 Å². The summed E-state index contributed by atoms with van der Waals surface area (Å²) in [5.41, 5.74) is 11.5. The van der Waals surface area contributed by atoms with Gasteiger partial charge in [0.05, 0.1) is 6.20 Å². The lowest BCUT2D eigenvalue weighted by Crippen LogP contribution is -2.39. The van der Waals surface area contributed by atoms with E-state index in [-0.39, 0.29) is 17.4 Å². The smallest absolute Gasteiger partial charge is 0.271 e. The SMILES string of the molecule is CC(C)[C@@H](Nc1cnc(C(N)=O)c(Nc2ccc3ccncc3c2)n1)C(N)=O. The number of hydrogen-bond acceptors (Lipinski definition) is 7. The summed E-state index contributed by atoms with van der Waals surface area (Å²) in [6.45, 7) is 3.71. The van der Waals surface area contributed by atoms with Gasteiger partial charge in [-0.3, -0.25) is 14.6 Å². The second-order valence-corrected chi connectivity index (χ2v) is 6.65. The number of nitrogens with zero attached hydrogens (tertiary/aromatic N) is 3. The van der Waals surface area contributed by atoms with Crippen molar-refractivity contribution in [1.82, 2.24) is 15.0 Å². The zero-order chi connectivity index (χ0) is 20.3. The number of amides is 2. The molecular formula is C19H21N7O2. The maximum absolute atomic E-state index is 11.7. The van der Waals surface area contributed by atoms with Crippen LogP contribution < -0.4 is 22.1 Å². The molecule has 9 heteroatoms. The number of aromatic nitrogens is 3. The van der Waals surface area contributed by atoms with Gasteiger partial charge in [-0.05, 0) is 29.5 Å². The monoisotopic (exact) mass is 379 g/mol. The van der Waals surface area contributed by atoms with Gasteiger partial charge in [0, 0.05) is 23.5 Å². The van der Waals surface area contributed by atoms with Crippen molar-refractivity contribution in [2.24, 2.45) is 17.4 Å². The van der Waals surface area contributed by atoms with Gasteiger partial charge in [0.15, 0.2) is 11.5 Å². The Bertz CT molecular complexity index is 1040. The van der Waals surface area contributed by atoms with Gasteiger partial charge in [0.1, 0.15) is 11.9 Å². The van der Waals surface area contributed by atoms with Gasteiger partial charge in [0.25, 0.3) is 5.91 Å². The van der Waals surface area contributed by atoms with Crippen LogP contribution in [0, 0.1) is 5.92 Å². The van der Waals surface area contributed by atoms with Crippen LogP contribution in [0.15, 0.2) is 42.9 Å². The molecule has 2 heterocycles. The number of carbonyl (C=O) groups excluding carboxylic acids is 2.